The molecular formula is C12H15ClO2S. The Bertz CT molecular complexity index is 355. The Morgan fingerprint density at radius 3 is 2.69 bits per heavy atom. The zero-order valence-electron chi connectivity index (χ0n) is 8.90. The third-order valence-corrected chi connectivity index (χ3v) is 3.17. The van der Waals surface area contributed by atoms with Crippen LogP contribution < -0.4 is 0 Å². The first-order valence-corrected chi connectivity index (χ1v) is 6.23. The van der Waals surface area contributed by atoms with Crippen molar-refractivity contribution in [3.63, 3.8) is 0 Å². The summed E-state index contributed by atoms with van der Waals surface area (Å²) in [7, 11) is 0. The number of carboxylic acids is 1. The van der Waals surface area contributed by atoms with Crippen molar-refractivity contribution in [3.05, 3.63) is 34.9 Å². The third-order valence-electron chi connectivity index (χ3n) is 2.48. The molecule has 0 aliphatic heterocycles. The Morgan fingerprint density at radius 2 is 2.12 bits per heavy atom. The largest absolute Gasteiger partial charge is 0.481 e. The molecule has 1 atom stereocenters. The Hall–Kier alpha value is -0.670. The molecule has 0 amide bonds. The minimum Gasteiger partial charge on any atom is -0.481 e. The summed E-state index contributed by atoms with van der Waals surface area (Å²) in [4.78, 5) is 11.1. The molecule has 1 N–H and O–H groups in total. The molecule has 0 saturated carbocycles. The molecule has 1 aromatic carbocycles. The van der Waals surface area contributed by atoms with Crippen LogP contribution in [0.4, 0.5) is 0 Å². The van der Waals surface area contributed by atoms with Crippen LogP contribution in [0.5, 0.6) is 0 Å². The minimum atomic E-state index is -0.762. The van der Waals surface area contributed by atoms with E-state index in [-0.39, 0.29) is 5.92 Å². The van der Waals surface area contributed by atoms with Crippen LogP contribution in [0.2, 0.25) is 5.02 Å². The zero-order chi connectivity index (χ0) is 12.0. The molecule has 1 unspecified atom stereocenters. The summed E-state index contributed by atoms with van der Waals surface area (Å²) < 4.78 is 0. The average Bonchev–Trinajstić information content (AvgIpc) is 2.26. The number of hydrogen-bond donors (Lipinski definition) is 2. The lowest BCUT2D eigenvalue weighted by Gasteiger charge is -2.12. The van der Waals surface area contributed by atoms with Crippen LogP contribution in [0.25, 0.3) is 0 Å². The van der Waals surface area contributed by atoms with E-state index in [1.54, 1.807) is 6.07 Å². The minimum absolute atomic E-state index is 0.368. The van der Waals surface area contributed by atoms with Gasteiger partial charge >= 0.3 is 5.97 Å². The molecule has 1 rings (SSSR count). The predicted molar refractivity (Wildman–Crippen MR) is 69.4 cm³/mol. The van der Waals surface area contributed by atoms with Gasteiger partial charge in [-0.2, -0.15) is 12.6 Å². The molecule has 0 bridgehead atoms. The molecule has 88 valence electrons. The summed E-state index contributed by atoms with van der Waals surface area (Å²) in [5, 5.41) is 9.72. The second kappa shape index (κ2) is 6.81. The number of rotatable bonds is 6. The topological polar surface area (TPSA) is 37.3 Å². The lowest BCUT2D eigenvalue weighted by molar-refractivity contribution is -0.141. The van der Waals surface area contributed by atoms with Gasteiger partial charge in [0.05, 0.1) is 5.92 Å². The van der Waals surface area contributed by atoms with Gasteiger partial charge in [-0.3, -0.25) is 4.79 Å². The molecule has 4 heteroatoms. The van der Waals surface area contributed by atoms with Crippen LogP contribution in [0.15, 0.2) is 24.3 Å². The third kappa shape index (κ3) is 4.06. The van der Waals surface area contributed by atoms with Crippen LogP contribution in [-0.4, -0.2) is 16.8 Å². The van der Waals surface area contributed by atoms with Crippen molar-refractivity contribution in [2.45, 2.75) is 19.3 Å². The summed E-state index contributed by atoms with van der Waals surface area (Å²) in [6, 6.07) is 7.38. The lowest BCUT2D eigenvalue weighted by Crippen LogP contribution is -2.16. The quantitative estimate of drug-likeness (QED) is 0.769. The highest BCUT2D eigenvalue weighted by molar-refractivity contribution is 7.80. The fourth-order valence-electron chi connectivity index (χ4n) is 1.58. The molecule has 0 spiro atoms. The Balaban J connectivity index is 2.68. The smallest absolute Gasteiger partial charge is 0.306 e. The van der Waals surface area contributed by atoms with Gasteiger partial charge in [0.25, 0.3) is 0 Å². The lowest BCUT2D eigenvalue weighted by atomic mass is 9.95. The monoisotopic (exact) mass is 258 g/mol. The number of thiol groups is 1. The van der Waals surface area contributed by atoms with Gasteiger partial charge in [0, 0.05) is 5.02 Å². The van der Waals surface area contributed by atoms with Gasteiger partial charge in [-0.25, -0.2) is 0 Å². The standard InChI is InChI=1S/C12H15ClO2S/c13-11-6-2-1-4-9(11)8-10(12(14)15)5-3-7-16/h1-2,4,6,10,16H,3,5,7-8H2,(H,14,15). The van der Waals surface area contributed by atoms with Crippen molar-refractivity contribution in [2.75, 3.05) is 5.75 Å². The summed E-state index contributed by atoms with van der Waals surface area (Å²) >= 11 is 10.1. The van der Waals surface area contributed by atoms with Crippen LogP contribution in [0, 0.1) is 5.92 Å². The van der Waals surface area contributed by atoms with Gasteiger partial charge in [-0.05, 0) is 36.6 Å². The van der Waals surface area contributed by atoms with Gasteiger partial charge in [-0.1, -0.05) is 29.8 Å². The maximum atomic E-state index is 11.1. The number of aliphatic carboxylic acids is 1. The van der Waals surface area contributed by atoms with E-state index in [0.717, 1.165) is 12.0 Å². The summed E-state index contributed by atoms with van der Waals surface area (Å²) in [5.41, 5.74) is 0.899. The molecule has 16 heavy (non-hydrogen) atoms. The van der Waals surface area contributed by atoms with E-state index in [4.69, 9.17) is 16.7 Å². The predicted octanol–water partition coefficient (Wildman–Crippen LogP) is 3.29. The number of hydrogen-bond acceptors (Lipinski definition) is 2. The number of carbonyl (C=O) groups is 1. The van der Waals surface area contributed by atoms with E-state index in [1.165, 1.54) is 0 Å². The number of carboxylic acid groups (broad SMARTS) is 1. The summed E-state index contributed by atoms with van der Waals surface area (Å²) in [6.45, 7) is 0. The molecule has 0 saturated heterocycles. The maximum Gasteiger partial charge on any atom is 0.306 e. The zero-order valence-corrected chi connectivity index (χ0v) is 10.5. The molecule has 1 aromatic rings. The van der Waals surface area contributed by atoms with Crippen LogP contribution in [-0.2, 0) is 11.2 Å². The Morgan fingerprint density at radius 1 is 1.44 bits per heavy atom. The Kier molecular flexibility index (Phi) is 5.71. The van der Waals surface area contributed by atoms with Crippen molar-refractivity contribution in [3.8, 4) is 0 Å². The highest BCUT2D eigenvalue weighted by atomic mass is 35.5. The fraction of sp³-hybridized carbons (Fsp3) is 0.417. The molecule has 0 heterocycles. The van der Waals surface area contributed by atoms with Gasteiger partial charge in [0.2, 0.25) is 0 Å². The molecular weight excluding hydrogens is 244 g/mol. The molecule has 0 aliphatic carbocycles. The van der Waals surface area contributed by atoms with E-state index >= 15 is 0 Å². The van der Waals surface area contributed by atoms with Gasteiger partial charge in [0.1, 0.15) is 0 Å². The van der Waals surface area contributed by atoms with Crippen molar-refractivity contribution in [1.29, 1.82) is 0 Å². The van der Waals surface area contributed by atoms with Crippen molar-refractivity contribution in [2.24, 2.45) is 5.92 Å². The van der Waals surface area contributed by atoms with Gasteiger partial charge < -0.3 is 5.11 Å². The van der Waals surface area contributed by atoms with Crippen molar-refractivity contribution < 1.29 is 9.90 Å². The first kappa shape index (κ1) is 13.4. The van der Waals surface area contributed by atoms with E-state index in [9.17, 15) is 4.79 Å². The van der Waals surface area contributed by atoms with E-state index in [0.29, 0.717) is 23.6 Å². The summed E-state index contributed by atoms with van der Waals surface area (Å²) in [5.74, 6) is -0.416. The fourth-order valence-corrected chi connectivity index (χ4v) is 1.98. The number of halogens is 1. The molecule has 0 aliphatic rings. The maximum absolute atomic E-state index is 11.1. The molecule has 0 radical (unpaired) electrons. The van der Waals surface area contributed by atoms with Crippen LogP contribution >= 0.6 is 24.2 Å². The second-order valence-electron chi connectivity index (χ2n) is 3.70. The molecule has 0 aromatic heterocycles. The first-order valence-electron chi connectivity index (χ1n) is 5.22. The normalized spacial score (nSPS) is 12.4. The average molecular weight is 259 g/mol. The molecule has 2 nitrogen and oxygen atoms in total. The van der Waals surface area contributed by atoms with E-state index in [2.05, 4.69) is 12.6 Å². The summed E-state index contributed by atoms with van der Waals surface area (Å²) in [6.07, 6.45) is 1.94. The van der Waals surface area contributed by atoms with Crippen LogP contribution in [0.1, 0.15) is 18.4 Å². The number of benzene rings is 1. The highest BCUT2D eigenvalue weighted by Gasteiger charge is 2.18. The van der Waals surface area contributed by atoms with E-state index in [1.807, 2.05) is 18.2 Å². The SMILES string of the molecule is O=C(O)C(CCCS)Cc1ccccc1Cl. The Labute approximate surface area is 106 Å². The van der Waals surface area contributed by atoms with Crippen LogP contribution in [0.3, 0.4) is 0 Å². The van der Waals surface area contributed by atoms with Gasteiger partial charge in [0.15, 0.2) is 0 Å². The van der Waals surface area contributed by atoms with Crippen molar-refractivity contribution in [1.82, 2.24) is 0 Å². The highest BCUT2D eigenvalue weighted by Crippen LogP contribution is 2.21. The first-order chi connectivity index (χ1) is 7.65. The van der Waals surface area contributed by atoms with Crippen molar-refractivity contribution >= 4 is 30.2 Å². The van der Waals surface area contributed by atoms with Gasteiger partial charge in [-0.15, -0.1) is 0 Å². The second-order valence-corrected chi connectivity index (χ2v) is 4.55. The van der Waals surface area contributed by atoms with E-state index < -0.39 is 5.97 Å². The molecule has 0 fully saturated rings.